The second kappa shape index (κ2) is 6.90. The van der Waals surface area contributed by atoms with E-state index in [4.69, 9.17) is 9.84 Å². The highest BCUT2D eigenvalue weighted by Crippen LogP contribution is 2.26. The fourth-order valence-corrected chi connectivity index (χ4v) is 3.11. The van der Waals surface area contributed by atoms with Gasteiger partial charge >= 0.3 is 5.97 Å². The van der Waals surface area contributed by atoms with Crippen molar-refractivity contribution in [3.05, 3.63) is 22.6 Å². The number of ether oxygens (including phenoxy) is 1. The molecule has 1 fully saturated rings. The third-order valence-electron chi connectivity index (χ3n) is 3.35. The van der Waals surface area contributed by atoms with Crippen molar-refractivity contribution >= 4 is 17.7 Å². The molecule has 0 amide bonds. The molecule has 2 heterocycles. The smallest absolute Gasteiger partial charge is 0.313 e. The van der Waals surface area contributed by atoms with E-state index in [-0.39, 0.29) is 17.4 Å². The zero-order chi connectivity index (χ0) is 14.5. The zero-order valence-corrected chi connectivity index (χ0v) is 12.1. The Bertz CT molecular complexity index is 531. The Morgan fingerprint density at radius 1 is 1.65 bits per heavy atom. The molecular weight excluding hydrogens is 280 g/mol. The van der Waals surface area contributed by atoms with Crippen LogP contribution in [0.15, 0.2) is 22.2 Å². The second-order valence-electron chi connectivity index (χ2n) is 4.75. The van der Waals surface area contributed by atoms with Crippen LogP contribution in [0.5, 0.6) is 0 Å². The Balaban J connectivity index is 2.13. The second-order valence-corrected chi connectivity index (χ2v) is 5.69. The number of carboxylic acid groups (broad SMARTS) is 1. The van der Waals surface area contributed by atoms with Gasteiger partial charge in [0.15, 0.2) is 5.16 Å². The van der Waals surface area contributed by atoms with Crippen molar-refractivity contribution in [1.29, 1.82) is 0 Å². The van der Waals surface area contributed by atoms with Gasteiger partial charge in [0.25, 0.3) is 5.56 Å². The van der Waals surface area contributed by atoms with Gasteiger partial charge in [0.05, 0.1) is 11.9 Å². The molecule has 2 rings (SSSR count). The summed E-state index contributed by atoms with van der Waals surface area (Å²) in [5.74, 6) is -0.641. The van der Waals surface area contributed by atoms with E-state index >= 15 is 0 Å². The Kier molecular flexibility index (Phi) is 5.19. The van der Waals surface area contributed by atoms with Crippen LogP contribution in [0.4, 0.5) is 0 Å². The number of aromatic nitrogens is 2. The highest BCUT2D eigenvalue weighted by molar-refractivity contribution is 7.99. The molecule has 7 heteroatoms. The molecular formula is C13H18N2O4S. The fraction of sp³-hybridized carbons (Fsp3) is 0.615. The van der Waals surface area contributed by atoms with Crippen molar-refractivity contribution in [2.45, 2.75) is 37.6 Å². The average Bonchev–Trinajstić information content (AvgIpc) is 2.86. The Morgan fingerprint density at radius 2 is 2.45 bits per heavy atom. The maximum atomic E-state index is 11.3. The molecule has 1 saturated heterocycles. The van der Waals surface area contributed by atoms with Crippen LogP contribution in [0, 0.1) is 5.92 Å². The zero-order valence-electron chi connectivity index (χ0n) is 11.3. The van der Waals surface area contributed by atoms with Crippen molar-refractivity contribution in [3.8, 4) is 0 Å². The third-order valence-corrected chi connectivity index (χ3v) is 4.33. The van der Waals surface area contributed by atoms with Crippen molar-refractivity contribution in [2.24, 2.45) is 5.92 Å². The minimum atomic E-state index is -0.921. The number of rotatable bonds is 6. The maximum Gasteiger partial charge on any atom is 0.313 e. The van der Waals surface area contributed by atoms with Gasteiger partial charge in [-0.3, -0.25) is 9.59 Å². The molecule has 1 aromatic heterocycles. The van der Waals surface area contributed by atoms with Crippen molar-refractivity contribution in [3.63, 3.8) is 0 Å². The topological polar surface area (TPSA) is 81.4 Å². The number of hydrogen-bond donors (Lipinski definition) is 1. The van der Waals surface area contributed by atoms with Crippen LogP contribution < -0.4 is 5.56 Å². The standard InChI is InChI=1S/C13H18N2O4S/c1-2-10-9(4-6-19-10)7-15-5-3-11(16)14-13(15)20-8-12(17)18/h3,5,9-10H,2,4,6-8H2,1H3,(H,17,18). The van der Waals surface area contributed by atoms with Gasteiger partial charge in [-0.05, 0) is 12.8 Å². The first-order valence-electron chi connectivity index (χ1n) is 6.64. The van der Waals surface area contributed by atoms with Gasteiger partial charge < -0.3 is 14.4 Å². The SMILES string of the molecule is CCC1OCCC1Cn1ccc(=O)nc1SCC(=O)O. The van der Waals surface area contributed by atoms with Crippen LogP contribution in [-0.2, 0) is 16.1 Å². The van der Waals surface area contributed by atoms with Gasteiger partial charge in [0, 0.05) is 31.3 Å². The van der Waals surface area contributed by atoms with Gasteiger partial charge in [-0.15, -0.1) is 0 Å². The molecule has 2 unspecified atom stereocenters. The van der Waals surface area contributed by atoms with E-state index in [0.717, 1.165) is 31.2 Å². The average molecular weight is 298 g/mol. The minimum absolute atomic E-state index is 0.102. The molecule has 0 saturated carbocycles. The number of hydrogen-bond acceptors (Lipinski definition) is 5. The van der Waals surface area contributed by atoms with Crippen LogP contribution in [0.1, 0.15) is 19.8 Å². The van der Waals surface area contributed by atoms with E-state index in [1.807, 2.05) is 4.57 Å². The maximum absolute atomic E-state index is 11.3. The van der Waals surface area contributed by atoms with Crippen LogP contribution in [-0.4, -0.2) is 39.1 Å². The highest BCUT2D eigenvalue weighted by Gasteiger charge is 2.27. The van der Waals surface area contributed by atoms with E-state index in [0.29, 0.717) is 17.6 Å². The summed E-state index contributed by atoms with van der Waals surface area (Å²) in [6.45, 7) is 3.55. The van der Waals surface area contributed by atoms with Crippen molar-refractivity contribution in [1.82, 2.24) is 9.55 Å². The summed E-state index contributed by atoms with van der Waals surface area (Å²) in [4.78, 5) is 25.9. The monoisotopic (exact) mass is 298 g/mol. The molecule has 20 heavy (non-hydrogen) atoms. The fourth-order valence-electron chi connectivity index (χ4n) is 2.40. The van der Waals surface area contributed by atoms with Gasteiger partial charge in [0.2, 0.25) is 0 Å². The molecule has 110 valence electrons. The molecule has 1 aliphatic heterocycles. The van der Waals surface area contributed by atoms with Gasteiger partial charge in [-0.1, -0.05) is 18.7 Å². The normalized spacial score (nSPS) is 22.1. The molecule has 0 spiro atoms. The molecule has 0 radical (unpaired) electrons. The first-order valence-corrected chi connectivity index (χ1v) is 7.62. The van der Waals surface area contributed by atoms with Gasteiger partial charge in [-0.2, -0.15) is 4.98 Å². The Morgan fingerprint density at radius 3 is 3.15 bits per heavy atom. The molecule has 0 bridgehead atoms. The summed E-state index contributed by atoms with van der Waals surface area (Å²) in [5, 5.41) is 9.20. The number of aliphatic carboxylic acids is 1. The van der Waals surface area contributed by atoms with Crippen LogP contribution >= 0.6 is 11.8 Å². The molecule has 6 nitrogen and oxygen atoms in total. The molecule has 1 aliphatic rings. The molecule has 1 aromatic rings. The summed E-state index contributed by atoms with van der Waals surface area (Å²) < 4.78 is 7.51. The summed E-state index contributed by atoms with van der Waals surface area (Å²) in [5.41, 5.74) is -0.344. The van der Waals surface area contributed by atoms with E-state index in [1.165, 1.54) is 6.07 Å². The van der Waals surface area contributed by atoms with Crippen LogP contribution in [0.2, 0.25) is 0 Å². The highest BCUT2D eigenvalue weighted by atomic mass is 32.2. The first-order chi connectivity index (χ1) is 9.60. The molecule has 0 aromatic carbocycles. The summed E-state index contributed by atoms with van der Waals surface area (Å²) in [7, 11) is 0. The number of nitrogens with zero attached hydrogens (tertiary/aromatic N) is 2. The van der Waals surface area contributed by atoms with Gasteiger partial charge in [-0.25, -0.2) is 0 Å². The van der Waals surface area contributed by atoms with Crippen molar-refractivity contribution < 1.29 is 14.6 Å². The quantitative estimate of drug-likeness (QED) is 0.628. The predicted octanol–water partition coefficient (Wildman–Crippen LogP) is 1.24. The summed E-state index contributed by atoms with van der Waals surface area (Å²) >= 11 is 1.07. The molecule has 1 N–H and O–H groups in total. The van der Waals surface area contributed by atoms with Crippen molar-refractivity contribution in [2.75, 3.05) is 12.4 Å². The molecule has 2 atom stereocenters. The van der Waals surface area contributed by atoms with E-state index < -0.39 is 5.97 Å². The number of carbonyl (C=O) groups is 1. The van der Waals surface area contributed by atoms with Gasteiger partial charge in [0.1, 0.15) is 0 Å². The lowest BCUT2D eigenvalue weighted by Crippen LogP contribution is -2.23. The van der Waals surface area contributed by atoms with E-state index in [9.17, 15) is 9.59 Å². The number of carboxylic acids is 1. The van der Waals surface area contributed by atoms with E-state index in [1.54, 1.807) is 6.20 Å². The lowest BCUT2D eigenvalue weighted by atomic mass is 10.00. The third kappa shape index (κ3) is 3.83. The summed E-state index contributed by atoms with van der Waals surface area (Å²) in [6.07, 6.45) is 3.85. The number of thioether (sulfide) groups is 1. The molecule has 0 aliphatic carbocycles. The lowest BCUT2D eigenvalue weighted by molar-refractivity contribution is -0.133. The first kappa shape index (κ1) is 15.1. The largest absolute Gasteiger partial charge is 0.481 e. The lowest BCUT2D eigenvalue weighted by Gasteiger charge is -2.19. The van der Waals surface area contributed by atoms with Crippen LogP contribution in [0.3, 0.4) is 0 Å². The summed E-state index contributed by atoms with van der Waals surface area (Å²) in [6, 6.07) is 1.40. The van der Waals surface area contributed by atoms with Crippen LogP contribution in [0.25, 0.3) is 0 Å². The predicted molar refractivity (Wildman–Crippen MR) is 75.0 cm³/mol. The Hall–Kier alpha value is -1.34. The Labute approximate surface area is 121 Å². The minimum Gasteiger partial charge on any atom is -0.481 e. The van der Waals surface area contributed by atoms with E-state index in [2.05, 4.69) is 11.9 Å².